The molecule has 0 saturated heterocycles. The van der Waals surface area contributed by atoms with E-state index in [2.05, 4.69) is 10.5 Å². The van der Waals surface area contributed by atoms with E-state index in [9.17, 15) is 0 Å². The Hall–Kier alpha value is -0.870. The fourth-order valence-electron chi connectivity index (χ4n) is 2.55. The summed E-state index contributed by atoms with van der Waals surface area (Å²) in [6.07, 6.45) is 5.21. The minimum atomic E-state index is 0.422. The molecule has 1 N–H and O–H groups in total. The maximum atomic E-state index is 5.43. The highest BCUT2D eigenvalue weighted by molar-refractivity contribution is 5.20. The SMILES string of the molecule is COC1CCCC(NCc2c(C)noc2C)C1. The molecular formula is C13H22N2O2. The predicted molar refractivity (Wildman–Crippen MR) is 65.9 cm³/mol. The number of methoxy groups -OCH3 is 1. The predicted octanol–water partition coefficient (Wildman–Crippen LogP) is 2.34. The van der Waals surface area contributed by atoms with Crippen LogP contribution in [0.5, 0.6) is 0 Å². The van der Waals surface area contributed by atoms with Crippen molar-refractivity contribution >= 4 is 0 Å². The first-order valence-electron chi connectivity index (χ1n) is 6.38. The van der Waals surface area contributed by atoms with E-state index < -0.39 is 0 Å². The zero-order valence-corrected chi connectivity index (χ0v) is 11.0. The molecule has 2 unspecified atom stereocenters. The van der Waals surface area contributed by atoms with E-state index in [1.54, 1.807) is 7.11 Å². The Bertz CT molecular complexity index is 343. The molecule has 1 aromatic heterocycles. The molecule has 4 nitrogen and oxygen atoms in total. The highest BCUT2D eigenvalue weighted by atomic mass is 16.5. The molecule has 0 bridgehead atoms. The van der Waals surface area contributed by atoms with E-state index in [-0.39, 0.29) is 0 Å². The van der Waals surface area contributed by atoms with Crippen molar-refractivity contribution in [3.63, 3.8) is 0 Å². The summed E-state index contributed by atoms with van der Waals surface area (Å²) in [5, 5.41) is 7.56. The summed E-state index contributed by atoms with van der Waals surface area (Å²) in [5.41, 5.74) is 2.19. The Kier molecular flexibility index (Phi) is 4.18. The third-order valence-electron chi connectivity index (χ3n) is 3.71. The van der Waals surface area contributed by atoms with Crippen molar-refractivity contribution in [1.29, 1.82) is 0 Å². The first-order chi connectivity index (χ1) is 8.20. The first-order valence-corrected chi connectivity index (χ1v) is 6.38. The van der Waals surface area contributed by atoms with Crippen LogP contribution in [0.25, 0.3) is 0 Å². The van der Waals surface area contributed by atoms with Crippen LogP contribution in [0.1, 0.15) is 42.7 Å². The van der Waals surface area contributed by atoms with Gasteiger partial charge < -0.3 is 14.6 Å². The molecule has 1 heterocycles. The molecule has 4 heteroatoms. The highest BCUT2D eigenvalue weighted by Gasteiger charge is 2.21. The lowest BCUT2D eigenvalue weighted by atomic mass is 9.92. The van der Waals surface area contributed by atoms with Crippen molar-refractivity contribution in [2.24, 2.45) is 0 Å². The van der Waals surface area contributed by atoms with Crippen molar-refractivity contribution in [1.82, 2.24) is 10.5 Å². The second-order valence-electron chi connectivity index (χ2n) is 4.90. The van der Waals surface area contributed by atoms with Crippen LogP contribution in [-0.2, 0) is 11.3 Å². The third kappa shape index (κ3) is 3.07. The summed E-state index contributed by atoms with van der Waals surface area (Å²) in [6, 6.07) is 0.558. The van der Waals surface area contributed by atoms with Crippen LogP contribution < -0.4 is 5.32 Å². The van der Waals surface area contributed by atoms with Gasteiger partial charge in [0.15, 0.2) is 0 Å². The topological polar surface area (TPSA) is 47.3 Å². The average molecular weight is 238 g/mol. The van der Waals surface area contributed by atoms with Crippen LogP contribution in [0.3, 0.4) is 0 Å². The average Bonchev–Trinajstić information content (AvgIpc) is 2.67. The van der Waals surface area contributed by atoms with Gasteiger partial charge in [0.1, 0.15) is 5.76 Å². The standard InChI is InChI=1S/C13H22N2O2/c1-9-13(10(2)17-15-9)8-14-11-5-4-6-12(7-11)16-3/h11-12,14H,4-8H2,1-3H3. The molecule has 0 radical (unpaired) electrons. The van der Waals surface area contributed by atoms with Gasteiger partial charge >= 0.3 is 0 Å². The maximum Gasteiger partial charge on any atom is 0.138 e. The lowest BCUT2D eigenvalue weighted by Crippen LogP contribution is -2.36. The summed E-state index contributed by atoms with van der Waals surface area (Å²) in [4.78, 5) is 0. The number of hydrogen-bond acceptors (Lipinski definition) is 4. The van der Waals surface area contributed by atoms with Gasteiger partial charge in [-0.25, -0.2) is 0 Å². The van der Waals surface area contributed by atoms with Gasteiger partial charge in [0.25, 0.3) is 0 Å². The molecule has 17 heavy (non-hydrogen) atoms. The van der Waals surface area contributed by atoms with E-state index in [0.717, 1.165) is 24.4 Å². The van der Waals surface area contributed by atoms with E-state index >= 15 is 0 Å². The van der Waals surface area contributed by atoms with Gasteiger partial charge in [-0.3, -0.25) is 0 Å². The minimum absolute atomic E-state index is 0.422. The van der Waals surface area contributed by atoms with Gasteiger partial charge in [0, 0.05) is 25.3 Å². The smallest absolute Gasteiger partial charge is 0.138 e. The molecule has 96 valence electrons. The van der Waals surface area contributed by atoms with Gasteiger partial charge in [-0.15, -0.1) is 0 Å². The fourth-order valence-corrected chi connectivity index (χ4v) is 2.55. The molecule has 1 aliphatic rings. The van der Waals surface area contributed by atoms with E-state index in [1.807, 2.05) is 13.8 Å². The van der Waals surface area contributed by atoms with Crippen molar-refractivity contribution < 1.29 is 9.26 Å². The summed E-state index contributed by atoms with van der Waals surface area (Å²) >= 11 is 0. The van der Waals surface area contributed by atoms with Crippen molar-refractivity contribution in [3.05, 3.63) is 17.0 Å². The number of aryl methyl sites for hydroxylation is 2. The van der Waals surface area contributed by atoms with Crippen LogP contribution in [0.4, 0.5) is 0 Å². The second-order valence-corrected chi connectivity index (χ2v) is 4.90. The molecule has 1 aromatic rings. The third-order valence-corrected chi connectivity index (χ3v) is 3.71. The Morgan fingerprint density at radius 3 is 2.88 bits per heavy atom. The zero-order chi connectivity index (χ0) is 12.3. The van der Waals surface area contributed by atoms with Crippen LogP contribution >= 0.6 is 0 Å². The van der Waals surface area contributed by atoms with Crippen molar-refractivity contribution in [2.75, 3.05) is 7.11 Å². The van der Waals surface area contributed by atoms with Gasteiger partial charge in [-0.1, -0.05) is 5.16 Å². The van der Waals surface area contributed by atoms with Crippen LogP contribution in [0, 0.1) is 13.8 Å². The Labute approximate surface area is 103 Å². The monoisotopic (exact) mass is 238 g/mol. The number of hydrogen-bond donors (Lipinski definition) is 1. The zero-order valence-electron chi connectivity index (χ0n) is 11.0. The molecule has 1 fully saturated rings. The number of rotatable bonds is 4. The van der Waals surface area contributed by atoms with Gasteiger partial charge in [-0.05, 0) is 39.5 Å². The van der Waals surface area contributed by atoms with Crippen molar-refractivity contribution in [3.8, 4) is 0 Å². The van der Waals surface area contributed by atoms with E-state index in [1.165, 1.54) is 24.8 Å². The molecule has 0 spiro atoms. The number of nitrogens with one attached hydrogen (secondary N) is 1. The lowest BCUT2D eigenvalue weighted by Gasteiger charge is -2.28. The Balaban J connectivity index is 1.86. The minimum Gasteiger partial charge on any atom is -0.381 e. The molecule has 1 aliphatic carbocycles. The molecule has 1 saturated carbocycles. The van der Waals surface area contributed by atoms with E-state index in [4.69, 9.17) is 9.26 Å². The number of ether oxygens (including phenoxy) is 1. The molecule has 0 aliphatic heterocycles. The van der Waals surface area contributed by atoms with Gasteiger partial charge in [0.2, 0.25) is 0 Å². The maximum absolute atomic E-state index is 5.43. The summed E-state index contributed by atoms with van der Waals surface area (Å²) < 4.78 is 10.6. The fraction of sp³-hybridized carbons (Fsp3) is 0.769. The van der Waals surface area contributed by atoms with Crippen LogP contribution in [-0.4, -0.2) is 24.4 Å². The second kappa shape index (κ2) is 5.65. The quantitative estimate of drug-likeness (QED) is 0.874. The highest BCUT2D eigenvalue weighted by Crippen LogP contribution is 2.21. The molecule has 0 aromatic carbocycles. The largest absolute Gasteiger partial charge is 0.381 e. The van der Waals surface area contributed by atoms with Crippen molar-refractivity contribution in [2.45, 2.75) is 58.2 Å². The first kappa shape index (κ1) is 12.6. The summed E-state index contributed by atoms with van der Waals surface area (Å²) in [6.45, 7) is 4.81. The normalized spacial score (nSPS) is 25.1. The summed E-state index contributed by atoms with van der Waals surface area (Å²) in [7, 11) is 1.81. The molecule has 2 atom stereocenters. The summed E-state index contributed by atoms with van der Waals surface area (Å²) in [5.74, 6) is 0.925. The Morgan fingerprint density at radius 2 is 2.24 bits per heavy atom. The molecule has 2 rings (SSSR count). The molecular weight excluding hydrogens is 216 g/mol. The number of aromatic nitrogens is 1. The lowest BCUT2D eigenvalue weighted by molar-refractivity contribution is 0.0586. The van der Waals surface area contributed by atoms with Crippen LogP contribution in [0.2, 0.25) is 0 Å². The van der Waals surface area contributed by atoms with Gasteiger partial charge in [-0.2, -0.15) is 0 Å². The van der Waals surface area contributed by atoms with Gasteiger partial charge in [0.05, 0.1) is 11.8 Å². The van der Waals surface area contributed by atoms with E-state index in [0.29, 0.717) is 12.1 Å². The Morgan fingerprint density at radius 1 is 1.41 bits per heavy atom. The molecule has 0 amide bonds. The number of nitrogens with zero attached hydrogens (tertiary/aromatic N) is 1. The van der Waals surface area contributed by atoms with Crippen LogP contribution in [0.15, 0.2) is 4.52 Å².